The fourth-order valence-corrected chi connectivity index (χ4v) is 4.92. The van der Waals surface area contributed by atoms with Crippen molar-refractivity contribution < 1.29 is 9.59 Å². The monoisotopic (exact) mass is 493 g/mol. The largest absolute Gasteiger partial charge is 0.362 e. The molecule has 0 aliphatic heterocycles. The van der Waals surface area contributed by atoms with Gasteiger partial charge in [-0.05, 0) is 43.9 Å². The second-order valence-corrected chi connectivity index (χ2v) is 9.69. The van der Waals surface area contributed by atoms with E-state index in [1.54, 1.807) is 36.4 Å². The Morgan fingerprint density at radius 1 is 0.757 bits per heavy atom. The van der Waals surface area contributed by atoms with Gasteiger partial charge in [-0.1, -0.05) is 60.7 Å². The molecule has 1 amide bonds. The van der Waals surface area contributed by atoms with E-state index in [0.717, 1.165) is 42.4 Å². The number of carbonyl (C=O) groups is 2. The summed E-state index contributed by atoms with van der Waals surface area (Å²) in [6.45, 7) is 0. The summed E-state index contributed by atoms with van der Waals surface area (Å²) < 4.78 is 0. The Bertz CT molecular complexity index is 1410. The molecule has 0 saturated heterocycles. The molecule has 5 rings (SSSR count). The molecule has 1 fully saturated rings. The maximum absolute atomic E-state index is 13.2. The Morgan fingerprint density at radius 3 is 2.11 bits per heavy atom. The van der Waals surface area contributed by atoms with E-state index in [1.165, 1.54) is 0 Å². The molecule has 1 saturated carbocycles. The lowest BCUT2D eigenvalue weighted by molar-refractivity contribution is 0.0917. The molecular formula is C30H31N5O2. The predicted molar refractivity (Wildman–Crippen MR) is 147 cm³/mol. The first-order valence-electron chi connectivity index (χ1n) is 12.7. The van der Waals surface area contributed by atoms with Crippen molar-refractivity contribution in [3.63, 3.8) is 0 Å². The Labute approximate surface area is 216 Å². The Morgan fingerprint density at radius 2 is 1.38 bits per heavy atom. The minimum Gasteiger partial charge on any atom is -0.362 e. The summed E-state index contributed by atoms with van der Waals surface area (Å²) in [5, 5.41) is 7.69. The number of para-hydroxylation sites is 1. The van der Waals surface area contributed by atoms with Crippen LogP contribution in [0.1, 0.15) is 52.0 Å². The number of nitrogens with zero attached hydrogens (tertiary/aromatic N) is 3. The topological polar surface area (TPSA) is 87.2 Å². The van der Waals surface area contributed by atoms with Crippen LogP contribution in [-0.4, -0.2) is 47.8 Å². The standard InChI is InChI=1S/C30H31N5O2/c1-35(2)28-25-14-8-9-15-26(25)33-30(34-28)32-22-18-16-21(17-19-22)31-29(37)24-13-7-6-12-23(24)27(36)20-10-4-3-5-11-20/h3-15,21-22H,16-19H2,1-2H3,(H,31,37)(H,32,33,34). The molecule has 37 heavy (non-hydrogen) atoms. The van der Waals surface area contributed by atoms with Gasteiger partial charge in [0.15, 0.2) is 5.78 Å². The van der Waals surface area contributed by atoms with Gasteiger partial charge < -0.3 is 15.5 Å². The van der Waals surface area contributed by atoms with Crippen molar-refractivity contribution in [2.45, 2.75) is 37.8 Å². The summed E-state index contributed by atoms with van der Waals surface area (Å²) in [5.41, 5.74) is 2.32. The van der Waals surface area contributed by atoms with Crippen LogP contribution in [0.2, 0.25) is 0 Å². The summed E-state index contributed by atoms with van der Waals surface area (Å²) in [4.78, 5) is 37.7. The van der Waals surface area contributed by atoms with Gasteiger partial charge >= 0.3 is 0 Å². The molecule has 2 N–H and O–H groups in total. The van der Waals surface area contributed by atoms with Gasteiger partial charge in [-0.3, -0.25) is 9.59 Å². The molecule has 1 aliphatic rings. The molecule has 4 aromatic rings. The maximum atomic E-state index is 13.2. The van der Waals surface area contributed by atoms with E-state index in [1.807, 2.05) is 61.5 Å². The molecule has 1 heterocycles. The first-order valence-corrected chi connectivity index (χ1v) is 12.7. The van der Waals surface area contributed by atoms with Crippen molar-refractivity contribution in [3.05, 3.63) is 95.6 Å². The number of benzene rings is 3. The zero-order valence-corrected chi connectivity index (χ0v) is 21.1. The van der Waals surface area contributed by atoms with Crippen LogP contribution in [-0.2, 0) is 0 Å². The molecule has 188 valence electrons. The third-order valence-electron chi connectivity index (χ3n) is 6.85. The van der Waals surface area contributed by atoms with Crippen LogP contribution in [0.5, 0.6) is 0 Å². The second kappa shape index (κ2) is 10.8. The quantitative estimate of drug-likeness (QED) is 0.349. The van der Waals surface area contributed by atoms with Gasteiger partial charge in [-0.2, -0.15) is 4.98 Å². The van der Waals surface area contributed by atoms with Crippen molar-refractivity contribution in [2.75, 3.05) is 24.3 Å². The Balaban J connectivity index is 1.22. The van der Waals surface area contributed by atoms with Gasteiger partial charge in [-0.15, -0.1) is 0 Å². The third kappa shape index (κ3) is 5.45. The van der Waals surface area contributed by atoms with E-state index in [-0.39, 0.29) is 23.8 Å². The molecule has 1 aromatic heterocycles. The summed E-state index contributed by atoms with van der Waals surface area (Å²) in [5.74, 6) is 1.16. The maximum Gasteiger partial charge on any atom is 0.252 e. The number of anilines is 2. The van der Waals surface area contributed by atoms with Crippen LogP contribution < -0.4 is 15.5 Å². The molecule has 3 aromatic carbocycles. The number of aromatic nitrogens is 2. The lowest BCUT2D eigenvalue weighted by atomic mass is 9.90. The van der Waals surface area contributed by atoms with Crippen LogP contribution in [0, 0.1) is 0 Å². The second-order valence-electron chi connectivity index (χ2n) is 9.69. The number of hydrogen-bond acceptors (Lipinski definition) is 6. The fraction of sp³-hybridized carbons (Fsp3) is 0.267. The first kappa shape index (κ1) is 24.4. The normalized spacial score (nSPS) is 17.2. The highest BCUT2D eigenvalue weighted by atomic mass is 16.2. The highest BCUT2D eigenvalue weighted by Crippen LogP contribution is 2.26. The van der Waals surface area contributed by atoms with Crippen molar-refractivity contribution in [1.29, 1.82) is 0 Å². The van der Waals surface area contributed by atoms with E-state index in [0.29, 0.717) is 22.6 Å². The average molecular weight is 494 g/mol. The zero-order valence-electron chi connectivity index (χ0n) is 21.1. The number of ketones is 1. The van der Waals surface area contributed by atoms with E-state index in [4.69, 9.17) is 9.97 Å². The minimum absolute atomic E-state index is 0.0558. The number of amides is 1. The SMILES string of the molecule is CN(C)c1nc(NC2CCC(NC(=O)c3ccccc3C(=O)c3ccccc3)CC2)nc2ccccc12. The summed E-state index contributed by atoms with van der Waals surface area (Å²) in [6.07, 6.45) is 3.46. The zero-order chi connectivity index (χ0) is 25.8. The molecule has 7 nitrogen and oxygen atoms in total. The van der Waals surface area contributed by atoms with Crippen molar-refractivity contribution in [1.82, 2.24) is 15.3 Å². The van der Waals surface area contributed by atoms with Gasteiger partial charge in [0.1, 0.15) is 5.82 Å². The van der Waals surface area contributed by atoms with Crippen molar-refractivity contribution in [2.24, 2.45) is 0 Å². The average Bonchev–Trinajstić information content (AvgIpc) is 2.93. The molecule has 1 aliphatic carbocycles. The van der Waals surface area contributed by atoms with Gasteiger partial charge in [-0.25, -0.2) is 4.98 Å². The van der Waals surface area contributed by atoms with Crippen LogP contribution >= 0.6 is 0 Å². The van der Waals surface area contributed by atoms with Gasteiger partial charge in [0, 0.05) is 42.7 Å². The number of nitrogens with one attached hydrogen (secondary N) is 2. The lowest BCUT2D eigenvalue weighted by Gasteiger charge is -2.30. The molecule has 0 radical (unpaired) electrons. The number of rotatable bonds is 7. The number of fused-ring (bicyclic) bond motifs is 1. The van der Waals surface area contributed by atoms with Crippen LogP contribution in [0.15, 0.2) is 78.9 Å². The smallest absolute Gasteiger partial charge is 0.252 e. The summed E-state index contributed by atoms with van der Waals surface area (Å²) >= 11 is 0. The van der Waals surface area contributed by atoms with Crippen LogP contribution in [0.25, 0.3) is 10.9 Å². The first-order chi connectivity index (χ1) is 18.0. The summed E-state index contributed by atoms with van der Waals surface area (Å²) in [6, 6.07) is 24.4. The lowest BCUT2D eigenvalue weighted by Crippen LogP contribution is -2.40. The van der Waals surface area contributed by atoms with Gasteiger partial charge in [0.2, 0.25) is 5.95 Å². The van der Waals surface area contributed by atoms with Gasteiger partial charge in [0.25, 0.3) is 5.91 Å². The number of carbonyl (C=O) groups excluding carboxylic acids is 2. The van der Waals surface area contributed by atoms with E-state index in [9.17, 15) is 9.59 Å². The molecule has 0 spiro atoms. The Hall–Kier alpha value is -4.26. The molecule has 0 unspecified atom stereocenters. The highest BCUT2D eigenvalue weighted by Gasteiger charge is 2.25. The van der Waals surface area contributed by atoms with Crippen LogP contribution in [0.4, 0.5) is 11.8 Å². The fourth-order valence-electron chi connectivity index (χ4n) is 4.92. The van der Waals surface area contributed by atoms with Crippen molar-refractivity contribution in [3.8, 4) is 0 Å². The molecular weight excluding hydrogens is 462 g/mol. The van der Waals surface area contributed by atoms with E-state index >= 15 is 0 Å². The Kier molecular flexibility index (Phi) is 7.12. The minimum atomic E-state index is -0.204. The number of hydrogen-bond donors (Lipinski definition) is 2. The predicted octanol–water partition coefficient (Wildman–Crippen LogP) is 5.08. The molecule has 0 bridgehead atoms. The molecule has 7 heteroatoms. The van der Waals surface area contributed by atoms with Crippen molar-refractivity contribution >= 4 is 34.4 Å². The molecule has 0 atom stereocenters. The third-order valence-corrected chi connectivity index (χ3v) is 6.85. The van der Waals surface area contributed by atoms with Crippen LogP contribution in [0.3, 0.4) is 0 Å². The van der Waals surface area contributed by atoms with E-state index in [2.05, 4.69) is 10.6 Å². The van der Waals surface area contributed by atoms with E-state index < -0.39 is 0 Å². The van der Waals surface area contributed by atoms with Gasteiger partial charge in [0.05, 0.1) is 11.1 Å². The highest BCUT2D eigenvalue weighted by molar-refractivity contribution is 6.15. The summed E-state index contributed by atoms with van der Waals surface area (Å²) in [7, 11) is 3.97.